The van der Waals surface area contributed by atoms with E-state index in [0.717, 1.165) is 0 Å². The maximum atomic E-state index is 11.3. The van der Waals surface area contributed by atoms with Crippen molar-refractivity contribution in [3.63, 3.8) is 0 Å². The molecule has 0 bridgehead atoms. The van der Waals surface area contributed by atoms with E-state index < -0.39 is 10.1 Å². The van der Waals surface area contributed by atoms with Gasteiger partial charge in [0.25, 0.3) is 0 Å². The van der Waals surface area contributed by atoms with Crippen molar-refractivity contribution in [3.05, 3.63) is 30.3 Å². The fourth-order valence-electron chi connectivity index (χ4n) is 0.761. The molecule has 15 heavy (non-hydrogen) atoms. The van der Waals surface area contributed by atoms with E-state index in [9.17, 15) is 8.42 Å². The third-order valence-electron chi connectivity index (χ3n) is 1.34. The Morgan fingerprint density at radius 3 is 2.33 bits per heavy atom. The summed E-state index contributed by atoms with van der Waals surface area (Å²) < 4.78 is 26.7. The van der Waals surface area contributed by atoms with Crippen LogP contribution in [-0.4, -0.2) is 56.3 Å². The van der Waals surface area contributed by atoms with Crippen LogP contribution in [0.4, 0.5) is 0 Å². The van der Waals surface area contributed by atoms with Gasteiger partial charge in [0, 0.05) is 29.6 Å². The molecule has 0 spiro atoms. The van der Waals surface area contributed by atoms with Gasteiger partial charge in [-0.15, -0.1) is 4.33 Å². The molecule has 0 aliphatic carbocycles. The minimum absolute atomic E-state index is 0. The third kappa shape index (κ3) is 5.07. The van der Waals surface area contributed by atoms with Gasteiger partial charge in [0.15, 0.2) is 0 Å². The van der Waals surface area contributed by atoms with E-state index in [0.29, 0.717) is 0 Å². The van der Waals surface area contributed by atoms with Crippen molar-refractivity contribution in [2.24, 2.45) is 0 Å². The second kappa shape index (κ2) is 7.34. The molecule has 0 fully saturated rings. The zero-order valence-corrected chi connectivity index (χ0v) is 11.1. The Hall–Kier alpha value is 0.0500. The van der Waals surface area contributed by atoms with Crippen LogP contribution in [-0.2, 0) is 19.3 Å². The summed E-state index contributed by atoms with van der Waals surface area (Å²) in [7, 11) is -3.87. The van der Waals surface area contributed by atoms with Crippen molar-refractivity contribution in [1.82, 2.24) is 0 Å². The molecule has 1 rings (SSSR count). The number of rotatable bonds is 5. The second-order valence-corrected chi connectivity index (χ2v) is 3.90. The fourth-order valence-corrected chi connectivity index (χ4v) is 1.52. The SMILES string of the molecule is O=S(=O)(OOCCO)c1ccccc1.[Na]. The molecule has 1 aromatic rings. The third-order valence-corrected chi connectivity index (χ3v) is 2.47. The van der Waals surface area contributed by atoms with Crippen molar-refractivity contribution < 1.29 is 22.7 Å². The minimum Gasteiger partial charge on any atom is -0.394 e. The second-order valence-electron chi connectivity index (χ2n) is 2.38. The summed E-state index contributed by atoms with van der Waals surface area (Å²) in [5.74, 6) is 0. The number of aliphatic hydroxyl groups is 1. The Kier molecular flexibility index (Phi) is 7.37. The van der Waals surface area contributed by atoms with Crippen LogP contribution in [0.25, 0.3) is 0 Å². The Morgan fingerprint density at radius 1 is 1.20 bits per heavy atom. The summed E-state index contributed by atoms with van der Waals surface area (Å²) >= 11 is 0. The molecular weight excluding hydrogens is 231 g/mol. The van der Waals surface area contributed by atoms with Gasteiger partial charge < -0.3 is 5.11 Å². The van der Waals surface area contributed by atoms with Gasteiger partial charge in [-0.1, -0.05) is 18.2 Å². The van der Waals surface area contributed by atoms with E-state index in [4.69, 9.17) is 5.11 Å². The van der Waals surface area contributed by atoms with Crippen LogP contribution in [0.3, 0.4) is 0 Å². The first kappa shape index (κ1) is 15.0. The topological polar surface area (TPSA) is 72.8 Å². The molecule has 1 radical (unpaired) electrons. The normalized spacial score (nSPS) is 10.7. The van der Waals surface area contributed by atoms with E-state index in [2.05, 4.69) is 9.22 Å². The number of hydrogen-bond acceptors (Lipinski definition) is 5. The molecule has 0 saturated heterocycles. The number of aliphatic hydroxyl groups excluding tert-OH is 1. The van der Waals surface area contributed by atoms with Crippen LogP contribution < -0.4 is 0 Å². The standard InChI is InChI=1S/C8H10O5S.Na/c9-6-7-12-13-14(10,11)8-4-2-1-3-5-8;/h1-5,9H,6-7H2;. The fraction of sp³-hybridized carbons (Fsp3) is 0.250. The number of benzene rings is 1. The summed E-state index contributed by atoms with van der Waals surface area (Å²) in [4.78, 5) is 4.28. The van der Waals surface area contributed by atoms with Crippen LogP contribution in [0.2, 0.25) is 0 Å². The largest absolute Gasteiger partial charge is 0.394 e. The molecule has 7 heteroatoms. The monoisotopic (exact) mass is 241 g/mol. The summed E-state index contributed by atoms with van der Waals surface area (Å²) in [5, 5.41) is 8.33. The van der Waals surface area contributed by atoms with E-state index in [1.54, 1.807) is 18.2 Å². The van der Waals surface area contributed by atoms with Crippen molar-refractivity contribution in [2.45, 2.75) is 4.90 Å². The zero-order valence-electron chi connectivity index (χ0n) is 8.29. The average Bonchev–Trinajstić information content (AvgIpc) is 2.19. The Morgan fingerprint density at radius 2 is 1.80 bits per heavy atom. The molecule has 0 heterocycles. The summed E-state index contributed by atoms with van der Waals surface area (Å²) in [5.41, 5.74) is 0. The molecule has 0 aliphatic heterocycles. The smallest absolute Gasteiger partial charge is 0.323 e. The minimum atomic E-state index is -3.87. The van der Waals surface area contributed by atoms with Gasteiger partial charge in [-0.05, 0) is 12.1 Å². The van der Waals surface area contributed by atoms with Gasteiger partial charge in [0.2, 0.25) is 0 Å². The first-order valence-electron chi connectivity index (χ1n) is 3.89. The average molecular weight is 241 g/mol. The molecule has 0 aromatic heterocycles. The molecule has 79 valence electrons. The van der Waals surface area contributed by atoms with Gasteiger partial charge >= 0.3 is 10.1 Å². The van der Waals surface area contributed by atoms with Crippen molar-refractivity contribution in [2.75, 3.05) is 13.2 Å². The molecule has 0 atom stereocenters. The Balaban J connectivity index is 0.00000196. The van der Waals surface area contributed by atoms with Crippen LogP contribution >= 0.6 is 0 Å². The molecular formula is C8H10NaO5S. The van der Waals surface area contributed by atoms with Crippen molar-refractivity contribution >= 4 is 39.7 Å². The Bertz CT molecular complexity index is 364. The zero-order chi connectivity index (χ0) is 10.4. The van der Waals surface area contributed by atoms with Gasteiger partial charge in [0.1, 0.15) is 6.61 Å². The van der Waals surface area contributed by atoms with E-state index >= 15 is 0 Å². The molecule has 0 unspecified atom stereocenters. The Labute approximate surface area is 110 Å². The quantitative estimate of drug-likeness (QED) is 0.338. The first-order chi connectivity index (χ1) is 6.67. The summed E-state index contributed by atoms with van der Waals surface area (Å²) in [6, 6.07) is 7.60. The molecule has 0 saturated carbocycles. The number of hydrogen-bond donors (Lipinski definition) is 1. The molecule has 1 aromatic carbocycles. The molecule has 1 N–H and O–H groups in total. The molecule has 0 amide bonds. The van der Waals surface area contributed by atoms with E-state index in [1.165, 1.54) is 12.1 Å². The molecule has 5 nitrogen and oxygen atoms in total. The predicted molar refractivity (Wildman–Crippen MR) is 53.5 cm³/mol. The van der Waals surface area contributed by atoms with E-state index in [1.807, 2.05) is 0 Å². The van der Waals surface area contributed by atoms with Crippen molar-refractivity contribution in [1.29, 1.82) is 0 Å². The van der Waals surface area contributed by atoms with Gasteiger partial charge in [-0.3, -0.25) is 0 Å². The van der Waals surface area contributed by atoms with Gasteiger partial charge in [0.05, 0.1) is 11.5 Å². The van der Waals surface area contributed by atoms with Gasteiger partial charge in [-0.25, -0.2) is 4.89 Å². The predicted octanol–water partition coefficient (Wildman–Crippen LogP) is -0.0650. The maximum absolute atomic E-state index is 11.3. The van der Waals surface area contributed by atoms with Gasteiger partial charge in [-0.2, -0.15) is 8.42 Å². The summed E-state index contributed by atoms with van der Waals surface area (Å²) in [6.07, 6.45) is 0. The van der Waals surface area contributed by atoms with Crippen LogP contribution in [0.5, 0.6) is 0 Å². The van der Waals surface area contributed by atoms with E-state index in [-0.39, 0.29) is 47.7 Å². The summed E-state index contributed by atoms with van der Waals surface area (Å²) in [6.45, 7) is -0.490. The van der Waals surface area contributed by atoms with Crippen LogP contribution in [0.15, 0.2) is 35.2 Å². The van der Waals surface area contributed by atoms with Crippen LogP contribution in [0.1, 0.15) is 0 Å². The maximum Gasteiger partial charge on any atom is 0.323 e. The van der Waals surface area contributed by atoms with Crippen molar-refractivity contribution in [3.8, 4) is 0 Å². The molecule has 0 aliphatic rings. The van der Waals surface area contributed by atoms with Crippen LogP contribution in [0, 0.1) is 0 Å². The first-order valence-corrected chi connectivity index (χ1v) is 5.29.